The Morgan fingerprint density at radius 3 is 2.60 bits per heavy atom. The van der Waals surface area contributed by atoms with Crippen molar-refractivity contribution in [2.24, 2.45) is 0 Å². The molecule has 0 saturated carbocycles. The molecule has 0 spiro atoms. The summed E-state index contributed by atoms with van der Waals surface area (Å²) in [7, 11) is 0. The zero-order chi connectivity index (χ0) is 14.2. The van der Waals surface area contributed by atoms with Gasteiger partial charge in [0.25, 0.3) is 0 Å². The van der Waals surface area contributed by atoms with Crippen molar-refractivity contribution in [1.82, 2.24) is 15.5 Å². The minimum Gasteiger partial charge on any atom is -0.379 e. The molecule has 0 aromatic heterocycles. The first kappa shape index (κ1) is 15.1. The SMILES string of the molecule is O=C(NCCN1CCOCC1)NCc1ccc(Cl)cc1. The molecule has 2 rings (SSSR count). The molecular weight excluding hydrogens is 278 g/mol. The molecule has 110 valence electrons. The van der Waals surface area contributed by atoms with Gasteiger partial charge in [-0.1, -0.05) is 23.7 Å². The Labute approximate surface area is 124 Å². The minimum absolute atomic E-state index is 0.145. The van der Waals surface area contributed by atoms with Crippen LogP contribution in [-0.2, 0) is 11.3 Å². The van der Waals surface area contributed by atoms with E-state index in [4.69, 9.17) is 16.3 Å². The molecule has 0 atom stereocenters. The zero-order valence-corrected chi connectivity index (χ0v) is 12.2. The number of morpholine rings is 1. The monoisotopic (exact) mass is 297 g/mol. The summed E-state index contributed by atoms with van der Waals surface area (Å²) in [6.45, 7) is 5.44. The third kappa shape index (κ3) is 5.36. The van der Waals surface area contributed by atoms with E-state index in [1.54, 1.807) is 0 Å². The van der Waals surface area contributed by atoms with E-state index in [9.17, 15) is 4.79 Å². The van der Waals surface area contributed by atoms with Gasteiger partial charge >= 0.3 is 6.03 Å². The van der Waals surface area contributed by atoms with Crippen LogP contribution in [0.25, 0.3) is 0 Å². The summed E-state index contributed by atoms with van der Waals surface area (Å²) < 4.78 is 5.27. The van der Waals surface area contributed by atoms with Crippen molar-refractivity contribution in [1.29, 1.82) is 0 Å². The van der Waals surface area contributed by atoms with Crippen LogP contribution in [0, 0.1) is 0 Å². The zero-order valence-electron chi connectivity index (χ0n) is 11.4. The maximum Gasteiger partial charge on any atom is 0.315 e. The number of carbonyl (C=O) groups excluding carboxylic acids is 1. The molecule has 0 radical (unpaired) electrons. The van der Waals surface area contributed by atoms with Gasteiger partial charge in [0, 0.05) is 37.7 Å². The van der Waals surface area contributed by atoms with E-state index in [1.165, 1.54) is 0 Å². The molecule has 2 N–H and O–H groups in total. The van der Waals surface area contributed by atoms with E-state index in [0.29, 0.717) is 18.1 Å². The highest BCUT2D eigenvalue weighted by molar-refractivity contribution is 6.30. The number of hydrogen-bond acceptors (Lipinski definition) is 3. The molecule has 0 aliphatic carbocycles. The molecule has 0 unspecified atom stereocenters. The van der Waals surface area contributed by atoms with Gasteiger partial charge in [0.15, 0.2) is 0 Å². The summed E-state index contributed by atoms with van der Waals surface area (Å²) in [5.41, 5.74) is 1.03. The van der Waals surface area contributed by atoms with Crippen LogP contribution in [0.15, 0.2) is 24.3 Å². The minimum atomic E-state index is -0.145. The molecule has 1 aliphatic heterocycles. The van der Waals surface area contributed by atoms with Crippen molar-refractivity contribution in [3.05, 3.63) is 34.9 Å². The van der Waals surface area contributed by atoms with Gasteiger partial charge in [0.1, 0.15) is 0 Å². The second-order valence-corrected chi connectivity index (χ2v) is 5.13. The largest absolute Gasteiger partial charge is 0.379 e. The topological polar surface area (TPSA) is 53.6 Å². The van der Waals surface area contributed by atoms with E-state index in [0.717, 1.165) is 38.4 Å². The second kappa shape index (κ2) is 8.09. The smallest absolute Gasteiger partial charge is 0.315 e. The van der Waals surface area contributed by atoms with Crippen LogP contribution in [0.5, 0.6) is 0 Å². The number of rotatable bonds is 5. The fourth-order valence-electron chi connectivity index (χ4n) is 2.00. The van der Waals surface area contributed by atoms with Crippen LogP contribution < -0.4 is 10.6 Å². The van der Waals surface area contributed by atoms with Crippen molar-refractivity contribution < 1.29 is 9.53 Å². The first-order valence-corrected chi connectivity index (χ1v) is 7.18. The normalized spacial score (nSPS) is 15.8. The molecule has 1 aliphatic rings. The van der Waals surface area contributed by atoms with Crippen molar-refractivity contribution in [3.8, 4) is 0 Å². The van der Waals surface area contributed by atoms with Gasteiger partial charge < -0.3 is 15.4 Å². The van der Waals surface area contributed by atoms with Gasteiger partial charge in [-0.15, -0.1) is 0 Å². The highest BCUT2D eigenvalue weighted by Gasteiger charge is 2.09. The van der Waals surface area contributed by atoms with Gasteiger partial charge in [-0.3, -0.25) is 4.90 Å². The van der Waals surface area contributed by atoms with Crippen molar-refractivity contribution in [2.75, 3.05) is 39.4 Å². The lowest BCUT2D eigenvalue weighted by atomic mass is 10.2. The summed E-state index contributed by atoms with van der Waals surface area (Å²) in [4.78, 5) is 13.9. The number of nitrogens with zero attached hydrogens (tertiary/aromatic N) is 1. The van der Waals surface area contributed by atoms with Crippen LogP contribution in [0.3, 0.4) is 0 Å². The first-order chi connectivity index (χ1) is 9.74. The fraction of sp³-hybridized carbons (Fsp3) is 0.500. The molecule has 1 aromatic carbocycles. The number of benzene rings is 1. The van der Waals surface area contributed by atoms with Crippen LogP contribution in [-0.4, -0.2) is 50.3 Å². The van der Waals surface area contributed by atoms with Crippen LogP contribution in [0.1, 0.15) is 5.56 Å². The molecule has 20 heavy (non-hydrogen) atoms. The number of nitrogens with one attached hydrogen (secondary N) is 2. The molecule has 1 aromatic rings. The third-order valence-corrected chi connectivity index (χ3v) is 3.44. The first-order valence-electron chi connectivity index (χ1n) is 6.80. The Morgan fingerprint density at radius 1 is 1.20 bits per heavy atom. The predicted molar refractivity (Wildman–Crippen MR) is 78.9 cm³/mol. The highest BCUT2D eigenvalue weighted by Crippen LogP contribution is 2.08. The van der Waals surface area contributed by atoms with E-state index in [1.807, 2.05) is 24.3 Å². The lowest BCUT2D eigenvalue weighted by Gasteiger charge is -2.26. The lowest BCUT2D eigenvalue weighted by molar-refractivity contribution is 0.0387. The van der Waals surface area contributed by atoms with Crippen molar-refractivity contribution in [3.63, 3.8) is 0 Å². The average Bonchev–Trinajstić information content (AvgIpc) is 2.48. The summed E-state index contributed by atoms with van der Waals surface area (Å²) in [5, 5.41) is 6.37. The Kier molecular flexibility index (Phi) is 6.11. The Bertz CT molecular complexity index is 419. The Balaban J connectivity index is 1.59. The highest BCUT2D eigenvalue weighted by atomic mass is 35.5. The van der Waals surface area contributed by atoms with Gasteiger partial charge in [-0.25, -0.2) is 4.79 Å². The van der Waals surface area contributed by atoms with Crippen LogP contribution in [0.2, 0.25) is 5.02 Å². The number of amides is 2. The molecule has 6 heteroatoms. The van der Waals surface area contributed by atoms with Gasteiger partial charge in [0.2, 0.25) is 0 Å². The maximum atomic E-state index is 11.6. The van der Waals surface area contributed by atoms with E-state index >= 15 is 0 Å². The molecule has 0 bridgehead atoms. The lowest BCUT2D eigenvalue weighted by Crippen LogP contribution is -2.43. The summed E-state index contributed by atoms with van der Waals surface area (Å²) in [5.74, 6) is 0. The van der Waals surface area contributed by atoms with E-state index < -0.39 is 0 Å². The Hall–Kier alpha value is -1.30. The number of hydrogen-bond donors (Lipinski definition) is 2. The molecule has 1 fully saturated rings. The van der Waals surface area contributed by atoms with Crippen LogP contribution in [0.4, 0.5) is 4.79 Å². The van der Waals surface area contributed by atoms with E-state index in [-0.39, 0.29) is 6.03 Å². The molecular formula is C14H20ClN3O2. The van der Waals surface area contributed by atoms with Crippen molar-refractivity contribution in [2.45, 2.75) is 6.54 Å². The summed E-state index contributed by atoms with van der Waals surface area (Å²) in [6.07, 6.45) is 0. The molecule has 5 nitrogen and oxygen atoms in total. The van der Waals surface area contributed by atoms with Crippen molar-refractivity contribution >= 4 is 17.6 Å². The molecule has 1 saturated heterocycles. The van der Waals surface area contributed by atoms with Crippen LogP contribution >= 0.6 is 11.6 Å². The molecule has 2 amide bonds. The summed E-state index contributed by atoms with van der Waals surface area (Å²) >= 11 is 5.80. The number of ether oxygens (including phenoxy) is 1. The average molecular weight is 298 g/mol. The standard InChI is InChI=1S/C14H20ClN3O2/c15-13-3-1-12(2-4-13)11-17-14(19)16-5-6-18-7-9-20-10-8-18/h1-4H,5-11H2,(H2,16,17,19). The van der Waals surface area contributed by atoms with Gasteiger partial charge in [-0.05, 0) is 17.7 Å². The fourth-order valence-corrected chi connectivity index (χ4v) is 2.13. The number of urea groups is 1. The molecule has 1 heterocycles. The summed E-state index contributed by atoms with van der Waals surface area (Å²) in [6, 6.07) is 7.28. The number of halogens is 1. The second-order valence-electron chi connectivity index (χ2n) is 4.69. The number of carbonyl (C=O) groups is 1. The van der Waals surface area contributed by atoms with Gasteiger partial charge in [0.05, 0.1) is 13.2 Å². The predicted octanol–water partition coefficient (Wildman–Crippen LogP) is 1.47. The third-order valence-electron chi connectivity index (χ3n) is 3.18. The maximum absolute atomic E-state index is 11.6. The quantitative estimate of drug-likeness (QED) is 0.865. The Morgan fingerprint density at radius 2 is 1.90 bits per heavy atom. The van der Waals surface area contributed by atoms with Gasteiger partial charge in [-0.2, -0.15) is 0 Å². The van der Waals surface area contributed by atoms with E-state index in [2.05, 4.69) is 15.5 Å².